The predicted octanol–water partition coefficient (Wildman–Crippen LogP) is 2.08. The number of morpholine rings is 1. The molecule has 0 aliphatic carbocycles. The van der Waals surface area contributed by atoms with Crippen molar-refractivity contribution in [1.29, 1.82) is 0 Å². The fourth-order valence-corrected chi connectivity index (χ4v) is 3.35. The third-order valence-electron chi connectivity index (χ3n) is 3.89. The second kappa shape index (κ2) is 12.1. The van der Waals surface area contributed by atoms with Crippen LogP contribution in [0.4, 0.5) is 0 Å². The molecule has 2 rings (SSSR count). The number of halogens is 2. The summed E-state index contributed by atoms with van der Waals surface area (Å²) in [4.78, 5) is 14.6. The lowest BCUT2D eigenvalue weighted by Gasteiger charge is -2.30. The van der Waals surface area contributed by atoms with E-state index in [1.54, 1.807) is 11.3 Å². The van der Waals surface area contributed by atoms with Gasteiger partial charge in [0.15, 0.2) is 0 Å². The van der Waals surface area contributed by atoms with Crippen LogP contribution in [0.15, 0.2) is 16.8 Å². The Morgan fingerprint density at radius 1 is 1.48 bits per heavy atom. The van der Waals surface area contributed by atoms with Crippen molar-refractivity contribution in [1.82, 2.24) is 15.5 Å². The number of nitrogens with one attached hydrogen (secondary N) is 2. The molecule has 0 saturated carbocycles. The Morgan fingerprint density at radius 3 is 2.74 bits per heavy atom. The van der Waals surface area contributed by atoms with Gasteiger partial charge in [0.05, 0.1) is 19.3 Å². The Balaban J connectivity index is 0.00000242. The number of likely N-dealkylation sites (N-methyl/N-ethyl adjacent to an activating group) is 1. The van der Waals surface area contributed by atoms with Crippen molar-refractivity contribution in [2.75, 3.05) is 39.4 Å². The minimum Gasteiger partial charge on any atom is -0.378 e. The fourth-order valence-electron chi connectivity index (χ4n) is 2.64. The van der Waals surface area contributed by atoms with E-state index in [1.807, 2.05) is 0 Å². The van der Waals surface area contributed by atoms with Crippen LogP contribution in [0.3, 0.4) is 0 Å². The highest BCUT2D eigenvalue weighted by atomic mass is 35.5. The highest BCUT2D eigenvalue weighted by Gasteiger charge is 2.24. The Bertz CT molecular complexity index is 424. The van der Waals surface area contributed by atoms with Gasteiger partial charge in [-0.2, -0.15) is 11.3 Å². The SMILES string of the molecule is CCN(CC)C(CNC(=O)C1COCCN1)c1ccsc1.Cl.Cl. The van der Waals surface area contributed by atoms with E-state index in [9.17, 15) is 4.79 Å². The molecule has 0 bridgehead atoms. The lowest BCUT2D eigenvalue weighted by Crippen LogP contribution is -2.52. The quantitative estimate of drug-likeness (QED) is 0.756. The van der Waals surface area contributed by atoms with Gasteiger partial charge in [-0.15, -0.1) is 24.8 Å². The monoisotopic (exact) mass is 383 g/mol. The van der Waals surface area contributed by atoms with Crippen molar-refractivity contribution in [2.45, 2.75) is 25.9 Å². The van der Waals surface area contributed by atoms with Gasteiger partial charge in [0.25, 0.3) is 0 Å². The summed E-state index contributed by atoms with van der Waals surface area (Å²) in [5.41, 5.74) is 1.27. The molecule has 1 aromatic heterocycles. The minimum atomic E-state index is -0.224. The molecular formula is C15H27Cl2N3O2S. The number of rotatable bonds is 7. The lowest BCUT2D eigenvalue weighted by atomic mass is 10.1. The average molecular weight is 384 g/mol. The van der Waals surface area contributed by atoms with E-state index in [1.165, 1.54) is 5.56 Å². The predicted molar refractivity (Wildman–Crippen MR) is 100 cm³/mol. The van der Waals surface area contributed by atoms with Crippen LogP contribution >= 0.6 is 36.2 Å². The number of ether oxygens (including phenoxy) is 1. The van der Waals surface area contributed by atoms with Crippen LogP contribution < -0.4 is 10.6 Å². The zero-order chi connectivity index (χ0) is 15.1. The summed E-state index contributed by atoms with van der Waals surface area (Å²) in [6.07, 6.45) is 0. The molecule has 2 N–H and O–H groups in total. The van der Waals surface area contributed by atoms with Gasteiger partial charge in [-0.3, -0.25) is 9.69 Å². The van der Waals surface area contributed by atoms with Crippen LogP contribution in [0.25, 0.3) is 0 Å². The molecular weight excluding hydrogens is 357 g/mol. The fraction of sp³-hybridized carbons (Fsp3) is 0.667. The van der Waals surface area contributed by atoms with Gasteiger partial charge in [0.2, 0.25) is 5.91 Å². The summed E-state index contributed by atoms with van der Waals surface area (Å²) in [5.74, 6) is 0.0297. The third kappa shape index (κ3) is 6.57. The normalized spacial score (nSPS) is 18.7. The van der Waals surface area contributed by atoms with Gasteiger partial charge >= 0.3 is 0 Å². The van der Waals surface area contributed by atoms with Crippen LogP contribution in [0, 0.1) is 0 Å². The number of nitrogens with zero attached hydrogens (tertiary/aromatic N) is 1. The second-order valence-electron chi connectivity index (χ2n) is 5.12. The molecule has 1 saturated heterocycles. The summed E-state index contributed by atoms with van der Waals surface area (Å²) >= 11 is 1.70. The summed E-state index contributed by atoms with van der Waals surface area (Å²) < 4.78 is 5.34. The summed E-state index contributed by atoms with van der Waals surface area (Å²) in [6.45, 7) is 8.76. The molecule has 8 heteroatoms. The summed E-state index contributed by atoms with van der Waals surface area (Å²) in [7, 11) is 0. The molecule has 2 heterocycles. The molecule has 2 unspecified atom stereocenters. The van der Waals surface area contributed by atoms with Crippen molar-refractivity contribution in [3.8, 4) is 0 Å². The van der Waals surface area contributed by atoms with E-state index in [-0.39, 0.29) is 42.8 Å². The minimum absolute atomic E-state index is 0. The zero-order valence-corrected chi connectivity index (χ0v) is 16.1. The van der Waals surface area contributed by atoms with E-state index in [0.717, 1.165) is 19.6 Å². The Labute approximate surface area is 155 Å². The first-order valence-electron chi connectivity index (χ1n) is 7.61. The number of thiophene rings is 1. The molecule has 1 aromatic rings. The molecule has 134 valence electrons. The zero-order valence-electron chi connectivity index (χ0n) is 13.6. The molecule has 1 aliphatic heterocycles. The van der Waals surface area contributed by atoms with Gasteiger partial charge in [-0.1, -0.05) is 13.8 Å². The second-order valence-corrected chi connectivity index (χ2v) is 5.90. The van der Waals surface area contributed by atoms with Crippen molar-refractivity contribution < 1.29 is 9.53 Å². The molecule has 5 nitrogen and oxygen atoms in total. The molecule has 23 heavy (non-hydrogen) atoms. The largest absolute Gasteiger partial charge is 0.378 e. The first-order chi connectivity index (χ1) is 10.3. The van der Waals surface area contributed by atoms with Gasteiger partial charge in [-0.25, -0.2) is 0 Å². The van der Waals surface area contributed by atoms with Crippen LogP contribution in [0.1, 0.15) is 25.5 Å². The van der Waals surface area contributed by atoms with Crippen LogP contribution in [0.5, 0.6) is 0 Å². The van der Waals surface area contributed by atoms with Gasteiger partial charge in [0.1, 0.15) is 6.04 Å². The highest BCUT2D eigenvalue weighted by molar-refractivity contribution is 7.07. The maximum absolute atomic E-state index is 12.2. The van der Waals surface area contributed by atoms with Gasteiger partial charge < -0.3 is 15.4 Å². The Hall–Kier alpha value is -0.370. The molecule has 2 atom stereocenters. The van der Waals surface area contributed by atoms with Crippen LogP contribution in [-0.4, -0.2) is 56.2 Å². The van der Waals surface area contributed by atoms with E-state index in [2.05, 4.69) is 46.2 Å². The maximum Gasteiger partial charge on any atom is 0.239 e. The lowest BCUT2D eigenvalue weighted by molar-refractivity contribution is -0.126. The summed E-state index contributed by atoms with van der Waals surface area (Å²) in [6, 6.07) is 2.15. The summed E-state index contributed by atoms with van der Waals surface area (Å²) in [5, 5.41) is 10.5. The molecule has 0 spiro atoms. The van der Waals surface area contributed by atoms with Crippen LogP contribution in [-0.2, 0) is 9.53 Å². The van der Waals surface area contributed by atoms with Crippen molar-refractivity contribution in [3.63, 3.8) is 0 Å². The molecule has 1 amide bonds. The van der Waals surface area contributed by atoms with E-state index in [4.69, 9.17) is 4.74 Å². The van der Waals surface area contributed by atoms with Crippen molar-refractivity contribution >= 4 is 42.1 Å². The first-order valence-corrected chi connectivity index (χ1v) is 8.55. The van der Waals surface area contributed by atoms with Gasteiger partial charge in [0, 0.05) is 13.1 Å². The number of carbonyl (C=O) groups excluding carboxylic acids is 1. The Morgan fingerprint density at radius 2 is 2.22 bits per heavy atom. The smallest absolute Gasteiger partial charge is 0.239 e. The Kier molecular flexibility index (Phi) is 11.9. The van der Waals surface area contributed by atoms with Crippen molar-refractivity contribution in [3.05, 3.63) is 22.4 Å². The standard InChI is InChI=1S/C15H25N3O2S.2ClH/c1-3-18(4-2)14(12-5-8-21-11-12)9-17-15(19)13-10-20-7-6-16-13;;/h5,8,11,13-14,16H,3-4,6-7,9-10H2,1-2H3,(H,17,19);2*1H. The topological polar surface area (TPSA) is 53.6 Å². The van der Waals surface area contributed by atoms with E-state index < -0.39 is 0 Å². The number of hydrogen-bond acceptors (Lipinski definition) is 5. The first kappa shape index (κ1) is 22.6. The van der Waals surface area contributed by atoms with Crippen LogP contribution in [0.2, 0.25) is 0 Å². The van der Waals surface area contributed by atoms with E-state index in [0.29, 0.717) is 19.8 Å². The average Bonchev–Trinajstić information content (AvgIpc) is 3.06. The molecule has 0 radical (unpaired) electrons. The number of hydrogen-bond donors (Lipinski definition) is 2. The number of amides is 1. The number of carbonyl (C=O) groups is 1. The maximum atomic E-state index is 12.2. The van der Waals surface area contributed by atoms with E-state index >= 15 is 0 Å². The van der Waals surface area contributed by atoms with Gasteiger partial charge in [-0.05, 0) is 35.5 Å². The third-order valence-corrected chi connectivity index (χ3v) is 4.59. The highest BCUT2D eigenvalue weighted by Crippen LogP contribution is 2.22. The molecule has 1 aliphatic rings. The molecule has 0 aromatic carbocycles. The van der Waals surface area contributed by atoms with Crippen molar-refractivity contribution in [2.24, 2.45) is 0 Å². The molecule has 1 fully saturated rings.